The van der Waals surface area contributed by atoms with Crippen LogP contribution in [0.2, 0.25) is 0 Å². The van der Waals surface area contributed by atoms with Crippen molar-refractivity contribution in [2.75, 3.05) is 0 Å². The van der Waals surface area contributed by atoms with Gasteiger partial charge in [0.15, 0.2) is 0 Å². The molecule has 0 unspecified atom stereocenters. The van der Waals surface area contributed by atoms with Gasteiger partial charge in [0, 0.05) is 34.1 Å². The van der Waals surface area contributed by atoms with E-state index in [1.165, 1.54) is 5.56 Å². The van der Waals surface area contributed by atoms with Crippen LogP contribution >= 0.6 is 0 Å². The highest BCUT2D eigenvalue weighted by atomic mass is 16.5. The fourth-order valence-corrected chi connectivity index (χ4v) is 5.90. The van der Waals surface area contributed by atoms with Crippen LogP contribution in [0.1, 0.15) is 26.3 Å². The SMILES string of the molecule is CC(C)(C)c1ccnc(-c2cc(Oc3ccc4c(c3)c3nc5ccccc5n3c3cccnc43)c3ccccc3c2)c1. The predicted molar refractivity (Wildman–Crippen MR) is 171 cm³/mol. The molecule has 202 valence electrons. The number of benzene rings is 4. The zero-order valence-corrected chi connectivity index (χ0v) is 23.7. The van der Waals surface area contributed by atoms with Crippen molar-refractivity contribution in [3.8, 4) is 22.8 Å². The van der Waals surface area contributed by atoms with Crippen LogP contribution in [0, 0.1) is 0 Å². The van der Waals surface area contributed by atoms with E-state index in [1.54, 1.807) is 0 Å². The van der Waals surface area contributed by atoms with Crippen molar-refractivity contribution < 1.29 is 4.74 Å². The highest BCUT2D eigenvalue weighted by Gasteiger charge is 2.17. The Morgan fingerprint density at radius 2 is 1.50 bits per heavy atom. The van der Waals surface area contributed by atoms with E-state index >= 15 is 0 Å². The minimum atomic E-state index is 0.0287. The maximum atomic E-state index is 6.71. The van der Waals surface area contributed by atoms with Gasteiger partial charge in [-0.05, 0) is 83.1 Å². The smallest absolute Gasteiger partial charge is 0.146 e. The van der Waals surface area contributed by atoms with E-state index in [-0.39, 0.29) is 5.41 Å². The van der Waals surface area contributed by atoms with Crippen molar-refractivity contribution in [1.82, 2.24) is 19.4 Å². The molecule has 0 N–H and O–H groups in total. The molecule has 4 aromatic carbocycles. The third-order valence-corrected chi connectivity index (χ3v) is 8.05. The van der Waals surface area contributed by atoms with Gasteiger partial charge in [-0.2, -0.15) is 0 Å². The largest absolute Gasteiger partial charge is 0.457 e. The Hall–Kier alpha value is -5.29. The highest BCUT2D eigenvalue weighted by Crippen LogP contribution is 2.38. The van der Waals surface area contributed by atoms with E-state index < -0.39 is 0 Å². The molecular formula is C37H28N4O. The Kier molecular flexibility index (Phi) is 5.32. The number of para-hydroxylation sites is 2. The van der Waals surface area contributed by atoms with Crippen LogP contribution in [0.15, 0.2) is 116 Å². The molecule has 0 spiro atoms. The first-order chi connectivity index (χ1) is 20.4. The highest BCUT2D eigenvalue weighted by molar-refractivity contribution is 6.12. The lowest BCUT2D eigenvalue weighted by molar-refractivity contribution is 0.489. The van der Waals surface area contributed by atoms with Crippen molar-refractivity contribution in [1.29, 1.82) is 0 Å². The van der Waals surface area contributed by atoms with E-state index in [0.29, 0.717) is 0 Å². The van der Waals surface area contributed by atoms with Crippen molar-refractivity contribution >= 4 is 49.3 Å². The summed E-state index contributed by atoms with van der Waals surface area (Å²) in [5.41, 5.74) is 8.09. The molecule has 5 nitrogen and oxygen atoms in total. The molecular weight excluding hydrogens is 516 g/mol. The molecule has 42 heavy (non-hydrogen) atoms. The molecule has 4 heterocycles. The van der Waals surface area contributed by atoms with Gasteiger partial charge in [0.2, 0.25) is 0 Å². The van der Waals surface area contributed by atoms with Crippen molar-refractivity contribution in [3.63, 3.8) is 0 Å². The zero-order chi connectivity index (χ0) is 28.4. The Bertz CT molecular complexity index is 2330. The van der Waals surface area contributed by atoms with Crippen molar-refractivity contribution in [2.45, 2.75) is 26.2 Å². The van der Waals surface area contributed by atoms with Gasteiger partial charge in [0.1, 0.15) is 17.1 Å². The van der Waals surface area contributed by atoms with Gasteiger partial charge < -0.3 is 4.74 Å². The number of fused-ring (bicyclic) bond motifs is 9. The molecule has 0 radical (unpaired) electrons. The molecule has 0 aliphatic heterocycles. The van der Waals surface area contributed by atoms with E-state index in [2.05, 4.69) is 98.0 Å². The quantitative estimate of drug-likeness (QED) is 0.208. The summed E-state index contributed by atoms with van der Waals surface area (Å²) in [4.78, 5) is 14.5. The van der Waals surface area contributed by atoms with Crippen LogP contribution in [-0.4, -0.2) is 19.4 Å². The number of imidazole rings is 1. The van der Waals surface area contributed by atoms with E-state index in [9.17, 15) is 0 Å². The summed E-state index contributed by atoms with van der Waals surface area (Å²) in [7, 11) is 0. The summed E-state index contributed by atoms with van der Waals surface area (Å²) in [5, 5.41) is 4.19. The molecule has 0 atom stereocenters. The Balaban J connectivity index is 1.32. The molecule has 4 aromatic heterocycles. The first kappa shape index (κ1) is 24.5. The summed E-state index contributed by atoms with van der Waals surface area (Å²) in [6.45, 7) is 6.66. The first-order valence-corrected chi connectivity index (χ1v) is 14.2. The van der Waals surface area contributed by atoms with E-state index in [4.69, 9.17) is 19.7 Å². The van der Waals surface area contributed by atoms with Gasteiger partial charge >= 0.3 is 0 Å². The lowest BCUT2D eigenvalue weighted by Crippen LogP contribution is -2.11. The van der Waals surface area contributed by atoms with Gasteiger partial charge in [-0.1, -0.05) is 57.2 Å². The Morgan fingerprint density at radius 3 is 2.40 bits per heavy atom. The number of ether oxygens (including phenoxy) is 1. The van der Waals surface area contributed by atoms with Gasteiger partial charge in [-0.25, -0.2) is 4.98 Å². The van der Waals surface area contributed by atoms with Crippen LogP contribution in [0.5, 0.6) is 11.5 Å². The van der Waals surface area contributed by atoms with Gasteiger partial charge in [-0.3, -0.25) is 14.4 Å². The molecule has 0 saturated heterocycles. The van der Waals surface area contributed by atoms with Crippen LogP contribution in [0.25, 0.3) is 60.5 Å². The molecule has 5 heteroatoms. The fourth-order valence-electron chi connectivity index (χ4n) is 5.90. The standard InChI is InChI=1S/C37H28N4O/c1-37(2,3)25-16-18-38-31(21-25)24-19-23-9-4-5-10-27(23)34(20-24)42-26-14-15-28-29(22-26)36-40-30-11-6-7-12-32(30)41(36)33-13-8-17-39-35(28)33/h4-22H,1-3H3. The average molecular weight is 545 g/mol. The van der Waals surface area contributed by atoms with Crippen LogP contribution in [0.4, 0.5) is 0 Å². The molecule has 0 saturated carbocycles. The monoisotopic (exact) mass is 544 g/mol. The summed E-state index contributed by atoms with van der Waals surface area (Å²) >= 11 is 0. The summed E-state index contributed by atoms with van der Waals surface area (Å²) in [6.07, 6.45) is 3.74. The zero-order valence-electron chi connectivity index (χ0n) is 23.7. The molecule has 0 bridgehead atoms. The summed E-state index contributed by atoms with van der Waals surface area (Å²) in [6, 6.07) is 35.4. The first-order valence-electron chi connectivity index (χ1n) is 14.2. The van der Waals surface area contributed by atoms with Crippen LogP contribution < -0.4 is 4.74 Å². The van der Waals surface area contributed by atoms with Gasteiger partial charge in [0.25, 0.3) is 0 Å². The third kappa shape index (κ3) is 3.89. The normalized spacial score (nSPS) is 12.2. The van der Waals surface area contributed by atoms with Crippen LogP contribution in [-0.2, 0) is 5.41 Å². The molecule has 8 aromatic rings. The second-order valence-corrected chi connectivity index (χ2v) is 11.8. The lowest BCUT2D eigenvalue weighted by Gasteiger charge is -2.19. The molecule has 0 amide bonds. The number of hydrogen-bond donors (Lipinski definition) is 0. The molecule has 0 aliphatic rings. The van der Waals surface area contributed by atoms with Crippen molar-refractivity contribution in [2.24, 2.45) is 0 Å². The topological polar surface area (TPSA) is 52.3 Å². The van der Waals surface area contributed by atoms with Crippen molar-refractivity contribution in [3.05, 3.63) is 121 Å². The third-order valence-electron chi connectivity index (χ3n) is 8.05. The fraction of sp³-hybridized carbons (Fsp3) is 0.108. The van der Waals surface area contributed by atoms with E-state index in [0.717, 1.165) is 72.0 Å². The minimum absolute atomic E-state index is 0.0287. The summed E-state index contributed by atoms with van der Waals surface area (Å²) in [5.74, 6) is 1.53. The Labute approximate surface area is 243 Å². The number of hydrogen-bond acceptors (Lipinski definition) is 4. The van der Waals surface area contributed by atoms with Gasteiger partial charge in [-0.15, -0.1) is 0 Å². The maximum Gasteiger partial charge on any atom is 0.146 e. The number of rotatable bonds is 3. The number of aromatic nitrogens is 4. The Morgan fingerprint density at radius 1 is 0.667 bits per heavy atom. The lowest BCUT2D eigenvalue weighted by atomic mass is 9.87. The second-order valence-electron chi connectivity index (χ2n) is 11.8. The number of pyridine rings is 3. The average Bonchev–Trinajstić information content (AvgIpc) is 3.41. The molecule has 8 rings (SSSR count). The van der Waals surface area contributed by atoms with Gasteiger partial charge in [0.05, 0.1) is 27.8 Å². The van der Waals surface area contributed by atoms with E-state index in [1.807, 2.05) is 42.7 Å². The van der Waals surface area contributed by atoms with Crippen LogP contribution in [0.3, 0.4) is 0 Å². The maximum absolute atomic E-state index is 6.71. The predicted octanol–water partition coefficient (Wildman–Crippen LogP) is 9.49. The number of nitrogens with zero attached hydrogens (tertiary/aromatic N) is 4. The summed E-state index contributed by atoms with van der Waals surface area (Å²) < 4.78 is 8.91. The minimum Gasteiger partial charge on any atom is -0.457 e. The molecule has 0 aliphatic carbocycles. The molecule has 0 fully saturated rings. The second kappa shape index (κ2) is 9.11.